The molecule has 38 heavy (non-hydrogen) atoms. The maximum atomic E-state index is 13.4. The third kappa shape index (κ3) is 5.51. The highest BCUT2D eigenvalue weighted by Crippen LogP contribution is 2.49. The van der Waals surface area contributed by atoms with Gasteiger partial charge in [0, 0.05) is 33.4 Å². The molecule has 0 saturated carbocycles. The number of thioether (sulfide) groups is 1. The lowest BCUT2D eigenvalue weighted by Gasteiger charge is -2.19. The van der Waals surface area contributed by atoms with Crippen molar-refractivity contribution < 1.29 is 19.0 Å². The predicted octanol–water partition coefficient (Wildman–Crippen LogP) is 5.79. The minimum absolute atomic E-state index is 0.116. The molecule has 1 amide bonds. The Labute approximate surface area is 229 Å². The zero-order valence-corrected chi connectivity index (χ0v) is 23.2. The molecule has 0 spiro atoms. The molecule has 0 heterocycles. The van der Waals surface area contributed by atoms with Crippen LogP contribution in [0.3, 0.4) is 0 Å². The van der Waals surface area contributed by atoms with Crippen LogP contribution >= 0.6 is 23.7 Å². The number of amides is 1. The summed E-state index contributed by atoms with van der Waals surface area (Å²) in [4.78, 5) is 37.6. The number of rotatable bonds is 9. The Balaban J connectivity index is 1.85. The lowest BCUT2D eigenvalue weighted by Crippen LogP contribution is -2.29. The molecule has 8 nitrogen and oxygen atoms in total. The van der Waals surface area contributed by atoms with Gasteiger partial charge < -0.3 is 19.5 Å². The van der Waals surface area contributed by atoms with E-state index in [-0.39, 0.29) is 11.3 Å². The highest BCUT2D eigenvalue weighted by atomic mass is 32.2. The number of carbonyl (C=O) groups excluding carboxylic acids is 1. The fourth-order valence-electron chi connectivity index (χ4n) is 4.77. The minimum Gasteiger partial charge on any atom is -0.493 e. The van der Waals surface area contributed by atoms with Crippen LogP contribution in [0.15, 0.2) is 62.8 Å². The second-order valence-electron chi connectivity index (χ2n) is 8.56. The van der Waals surface area contributed by atoms with Crippen LogP contribution in [0, 0.1) is 4.91 Å². The Morgan fingerprint density at radius 2 is 1.82 bits per heavy atom. The van der Waals surface area contributed by atoms with E-state index in [9.17, 15) is 14.5 Å². The molecule has 0 aromatic heterocycles. The first-order chi connectivity index (χ1) is 18.4. The van der Waals surface area contributed by atoms with E-state index in [0.717, 1.165) is 34.2 Å². The van der Waals surface area contributed by atoms with Crippen molar-refractivity contribution >= 4 is 29.6 Å². The van der Waals surface area contributed by atoms with Crippen LogP contribution in [-0.2, 0) is 12.2 Å². The Hall–Kier alpha value is -3.50. The van der Waals surface area contributed by atoms with Gasteiger partial charge in [-0.1, -0.05) is 18.2 Å². The smallest absolute Gasteiger partial charge is 0.251 e. The zero-order chi connectivity index (χ0) is 27.2. The second kappa shape index (κ2) is 12.4. The molecule has 0 saturated heterocycles. The number of nitrogens with zero attached hydrogens (tertiary/aromatic N) is 1. The minimum atomic E-state index is -0.448. The number of nitroso groups, excluding NO2 is 1. The summed E-state index contributed by atoms with van der Waals surface area (Å²) in [6, 6.07) is 13.9. The summed E-state index contributed by atoms with van der Waals surface area (Å²) in [5, 5.41) is 3.14. The first-order valence-electron chi connectivity index (χ1n) is 11.8. The Kier molecular flexibility index (Phi) is 8.96. The van der Waals surface area contributed by atoms with Crippen LogP contribution in [-0.4, -0.2) is 33.5 Å². The predicted molar refractivity (Wildman–Crippen MR) is 152 cm³/mol. The van der Waals surface area contributed by atoms with E-state index in [1.54, 1.807) is 45.6 Å². The van der Waals surface area contributed by atoms with Crippen molar-refractivity contribution in [1.29, 1.82) is 0 Å². The SMILES string of the molecule is COc1cc2c(c(OC)c1OC)CC[C@H](NC(=O)c1cccc(CSN=O)c1)c1cc(=O)c(SC)ccc1-2. The van der Waals surface area contributed by atoms with E-state index in [1.807, 2.05) is 30.5 Å². The lowest BCUT2D eigenvalue weighted by atomic mass is 9.96. The number of methoxy groups -OCH3 is 3. The van der Waals surface area contributed by atoms with Crippen LogP contribution in [0.2, 0.25) is 0 Å². The largest absolute Gasteiger partial charge is 0.493 e. The van der Waals surface area contributed by atoms with Gasteiger partial charge in [-0.25, -0.2) is 0 Å². The maximum Gasteiger partial charge on any atom is 0.251 e. The third-order valence-electron chi connectivity index (χ3n) is 6.52. The number of carbonyl (C=O) groups is 1. The van der Waals surface area contributed by atoms with E-state index in [1.165, 1.54) is 11.8 Å². The molecule has 0 radical (unpaired) electrons. The van der Waals surface area contributed by atoms with Crippen LogP contribution in [0.5, 0.6) is 17.2 Å². The maximum absolute atomic E-state index is 13.4. The molecule has 1 N–H and O–H groups in total. The zero-order valence-electron chi connectivity index (χ0n) is 21.5. The van der Waals surface area contributed by atoms with Gasteiger partial charge in [0.05, 0.1) is 32.3 Å². The van der Waals surface area contributed by atoms with Crippen molar-refractivity contribution in [3.05, 3.63) is 85.9 Å². The summed E-state index contributed by atoms with van der Waals surface area (Å²) in [6.07, 6.45) is 2.95. The number of fused-ring (bicyclic) bond motifs is 3. The molecule has 0 unspecified atom stereocenters. The van der Waals surface area contributed by atoms with Crippen molar-refractivity contribution in [1.82, 2.24) is 5.32 Å². The van der Waals surface area contributed by atoms with Crippen LogP contribution < -0.4 is 25.0 Å². The Bertz CT molecular complexity index is 1430. The van der Waals surface area contributed by atoms with Gasteiger partial charge in [0.1, 0.15) is 0 Å². The van der Waals surface area contributed by atoms with Gasteiger partial charge in [0.25, 0.3) is 5.91 Å². The highest BCUT2D eigenvalue weighted by molar-refractivity contribution is 7.98. The van der Waals surface area contributed by atoms with Crippen molar-refractivity contribution in [3.63, 3.8) is 0 Å². The summed E-state index contributed by atoms with van der Waals surface area (Å²) < 4.78 is 19.8. The van der Waals surface area contributed by atoms with E-state index in [0.29, 0.717) is 51.9 Å². The van der Waals surface area contributed by atoms with E-state index < -0.39 is 6.04 Å². The van der Waals surface area contributed by atoms with Gasteiger partial charge in [0.15, 0.2) is 16.9 Å². The fourth-order valence-corrected chi connectivity index (χ4v) is 5.62. The first kappa shape index (κ1) is 27.5. The quantitative estimate of drug-likeness (QED) is 0.202. The summed E-state index contributed by atoms with van der Waals surface area (Å²) in [7, 11) is 4.71. The van der Waals surface area contributed by atoms with Gasteiger partial charge >= 0.3 is 0 Å². The molecule has 1 aliphatic carbocycles. The average Bonchev–Trinajstić information content (AvgIpc) is 3.19. The molecule has 10 heteroatoms. The molecule has 0 fully saturated rings. The van der Waals surface area contributed by atoms with E-state index in [2.05, 4.69) is 9.90 Å². The Morgan fingerprint density at radius 1 is 1.03 bits per heavy atom. The standard InChI is InChI=1S/C28H28N2O6S2/c1-34-24-14-20-18-9-11-25(37-4)23(31)13-21(18)22(10-8-19(20)26(35-2)27(24)36-3)29-28(32)17-7-5-6-16(12-17)15-38-30-33/h5-7,9,11-14,22H,8,10,15H2,1-4H3,(H,29,32)/t22-/m0/s1. The van der Waals surface area contributed by atoms with Crippen LogP contribution in [0.4, 0.5) is 0 Å². The van der Waals surface area contributed by atoms with Gasteiger partial charge in [-0.05, 0) is 71.7 Å². The van der Waals surface area contributed by atoms with E-state index in [4.69, 9.17) is 14.2 Å². The molecule has 0 bridgehead atoms. The van der Waals surface area contributed by atoms with Gasteiger partial charge in [-0.3, -0.25) is 9.59 Å². The summed E-state index contributed by atoms with van der Waals surface area (Å²) in [5.41, 5.74) is 4.45. The molecule has 3 aromatic rings. The number of benzene rings is 2. The second-order valence-corrected chi connectivity index (χ2v) is 10.1. The summed E-state index contributed by atoms with van der Waals surface area (Å²) in [5.74, 6) is 1.67. The van der Waals surface area contributed by atoms with Crippen LogP contribution in [0.1, 0.15) is 39.5 Å². The number of hydrogen-bond donors (Lipinski definition) is 1. The molecule has 1 aliphatic rings. The van der Waals surface area contributed by atoms with E-state index >= 15 is 0 Å². The van der Waals surface area contributed by atoms with Gasteiger partial charge in [0.2, 0.25) is 5.75 Å². The van der Waals surface area contributed by atoms with Gasteiger partial charge in [-0.2, -0.15) is 0 Å². The monoisotopic (exact) mass is 552 g/mol. The number of ether oxygens (including phenoxy) is 3. The van der Waals surface area contributed by atoms with Gasteiger partial charge in [-0.15, -0.1) is 16.7 Å². The van der Waals surface area contributed by atoms with Crippen molar-refractivity contribution in [2.45, 2.75) is 29.5 Å². The van der Waals surface area contributed by atoms with Crippen LogP contribution in [0.25, 0.3) is 11.1 Å². The molecule has 1 atom stereocenters. The average molecular weight is 553 g/mol. The van der Waals surface area contributed by atoms with Crippen molar-refractivity contribution in [2.75, 3.05) is 27.6 Å². The molecule has 4 rings (SSSR count). The topological polar surface area (TPSA) is 103 Å². The highest BCUT2D eigenvalue weighted by Gasteiger charge is 2.29. The molecule has 0 aliphatic heterocycles. The lowest BCUT2D eigenvalue weighted by molar-refractivity contribution is 0.0935. The van der Waals surface area contributed by atoms with Crippen molar-refractivity contribution in [2.24, 2.45) is 4.58 Å². The number of hydrogen-bond acceptors (Lipinski definition) is 9. The number of nitrogens with one attached hydrogen (secondary N) is 1. The van der Waals surface area contributed by atoms with Crippen molar-refractivity contribution in [3.8, 4) is 28.4 Å². The normalized spacial score (nSPS) is 13.9. The molecular formula is C28H28N2O6S2. The Morgan fingerprint density at radius 3 is 2.50 bits per heavy atom. The molecule has 198 valence electrons. The summed E-state index contributed by atoms with van der Waals surface area (Å²) >= 11 is 2.26. The molecule has 3 aromatic carbocycles. The fraction of sp³-hybridized carbons (Fsp3) is 0.286. The first-order valence-corrected chi connectivity index (χ1v) is 14.0. The molecular weight excluding hydrogens is 524 g/mol. The summed E-state index contributed by atoms with van der Waals surface area (Å²) in [6.45, 7) is 0. The third-order valence-corrected chi connectivity index (χ3v) is 7.87.